The summed E-state index contributed by atoms with van der Waals surface area (Å²) in [5, 5.41) is 25.8. The zero-order chi connectivity index (χ0) is 27.5. The highest BCUT2D eigenvalue weighted by atomic mass is 16.7. The van der Waals surface area contributed by atoms with Gasteiger partial charge in [-0.1, -0.05) is 19.3 Å². The number of fused-ring (bicyclic) bond motifs is 1. The van der Waals surface area contributed by atoms with Gasteiger partial charge < -0.3 is 29.8 Å². The average Bonchev–Trinajstić information content (AvgIpc) is 3.43. The third-order valence-electron chi connectivity index (χ3n) is 7.11. The number of nitrogens with zero attached hydrogens (tertiary/aromatic N) is 4. The smallest absolute Gasteiger partial charge is 0.313 e. The molecule has 0 unspecified atom stereocenters. The normalized spacial score (nSPS) is 26.2. The zero-order valence-corrected chi connectivity index (χ0v) is 22.0. The third-order valence-corrected chi connectivity index (χ3v) is 7.11. The third kappa shape index (κ3) is 5.60. The van der Waals surface area contributed by atoms with E-state index >= 15 is 0 Å². The number of hydrogen-bond acceptors (Lipinski definition) is 11. The number of nitrogen functional groups attached to an aromatic ring is 1. The second-order valence-corrected chi connectivity index (χ2v) is 10.9. The summed E-state index contributed by atoms with van der Waals surface area (Å²) in [5.41, 5.74) is 3.87. The van der Waals surface area contributed by atoms with Gasteiger partial charge in [0.1, 0.15) is 42.8 Å². The van der Waals surface area contributed by atoms with Crippen LogP contribution >= 0.6 is 0 Å². The number of nitriles is 1. The molecule has 3 heterocycles. The Hall–Kier alpha value is -3.27. The van der Waals surface area contributed by atoms with Gasteiger partial charge in [-0.2, -0.15) is 10.4 Å². The minimum atomic E-state index is -1.94. The number of aliphatic hydroxyl groups excluding tert-OH is 1. The average molecular weight is 530 g/mol. The number of carbonyl (C=O) groups excluding carboxylic acids is 2. The number of aliphatic hydroxyl groups is 1. The Kier molecular flexibility index (Phi) is 8.20. The standard InChI is InChI=1S/C26H35N5O7/c1-25(2,3)24(34)37-15-36-21-18(12-35-20(32)11-16-7-5-4-6-8-16)38-26(13-27,22(21)33)19-10-9-17-23(28)29-14-30-31(17)19/h9-10,14,16,18,21-22,33H,4-8,11-12,15H2,1-3H3,(H2,28,29,30)/t18-,21-,22-,26+/m1/s1. The van der Waals surface area contributed by atoms with Crippen molar-refractivity contribution in [3.63, 3.8) is 0 Å². The summed E-state index contributed by atoms with van der Waals surface area (Å²) in [7, 11) is 0. The van der Waals surface area contributed by atoms with E-state index in [1.165, 1.54) is 17.3 Å². The van der Waals surface area contributed by atoms with E-state index in [1.807, 2.05) is 0 Å². The summed E-state index contributed by atoms with van der Waals surface area (Å²) in [4.78, 5) is 28.7. The molecule has 2 aliphatic rings. The van der Waals surface area contributed by atoms with E-state index in [1.54, 1.807) is 32.9 Å². The molecular weight excluding hydrogens is 494 g/mol. The molecule has 0 spiro atoms. The number of esters is 2. The van der Waals surface area contributed by atoms with Gasteiger partial charge >= 0.3 is 11.9 Å². The molecule has 4 rings (SSSR count). The molecule has 0 aromatic carbocycles. The summed E-state index contributed by atoms with van der Waals surface area (Å²) in [6, 6.07) is 5.22. The Morgan fingerprint density at radius 2 is 2.00 bits per heavy atom. The molecule has 1 aliphatic heterocycles. The van der Waals surface area contributed by atoms with Crippen molar-refractivity contribution in [2.24, 2.45) is 11.3 Å². The van der Waals surface area contributed by atoms with E-state index in [9.17, 15) is 20.0 Å². The van der Waals surface area contributed by atoms with E-state index in [4.69, 9.17) is 24.7 Å². The van der Waals surface area contributed by atoms with Gasteiger partial charge in [-0.3, -0.25) is 9.59 Å². The molecule has 1 saturated heterocycles. The summed E-state index contributed by atoms with van der Waals surface area (Å²) >= 11 is 0. The fraction of sp³-hybridized carbons (Fsp3) is 0.654. The second-order valence-electron chi connectivity index (χ2n) is 10.9. The van der Waals surface area contributed by atoms with Gasteiger partial charge in [0, 0.05) is 6.42 Å². The Balaban J connectivity index is 1.55. The van der Waals surface area contributed by atoms with Crippen LogP contribution in [-0.2, 0) is 34.1 Å². The maximum Gasteiger partial charge on any atom is 0.313 e. The first-order chi connectivity index (χ1) is 18.1. The van der Waals surface area contributed by atoms with Crippen LogP contribution in [0.3, 0.4) is 0 Å². The molecule has 12 heteroatoms. The lowest BCUT2D eigenvalue weighted by Gasteiger charge is -2.25. The van der Waals surface area contributed by atoms with Crippen LogP contribution in [-0.4, -0.2) is 63.4 Å². The quantitative estimate of drug-likeness (QED) is 0.379. The summed E-state index contributed by atoms with van der Waals surface area (Å²) in [5.74, 6) is -0.416. The Labute approximate surface area is 221 Å². The van der Waals surface area contributed by atoms with Crippen molar-refractivity contribution in [2.45, 2.75) is 83.2 Å². The van der Waals surface area contributed by atoms with Crippen molar-refractivity contribution >= 4 is 23.3 Å². The number of aromatic nitrogens is 3. The largest absolute Gasteiger partial charge is 0.463 e. The van der Waals surface area contributed by atoms with Gasteiger partial charge in [0.05, 0.1) is 11.1 Å². The van der Waals surface area contributed by atoms with Gasteiger partial charge in [-0.25, -0.2) is 9.50 Å². The monoisotopic (exact) mass is 529 g/mol. The number of hydrogen-bond donors (Lipinski definition) is 2. The van der Waals surface area contributed by atoms with E-state index in [0.29, 0.717) is 11.9 Å². The van der Waals surface area contributed by atoms with Crippen LogP contribution in [0.1, 0.15) is 65.0 Å². The molecule has 206 valence electrons. The molecule has 1 saturated carbocycles. The van der Waals surface area contributed by atoms with Crippen LogP contribution in [0.4, 0.5) is 5.82 Å². The molecule has 12 nitrogen and oxygen atoms in total. The maximum absolute atomic E-state index is 12.6. The van der Waals surface area contributed by atoms with Gasteiger partial charge in [0.15, 0.2) is 12.6 Å². The first kappa shape index (κ1) is 27.8. The molecule has 4 atom stereocenters. The molecule has 0 bridgehead atoms. The summed E-state index contributed by atoms with van der Waals surface area (Å²) in [6.07, 6.45) is 3.15. The number of rotatable bonds is 8. The van der Waals surface area contributed by atoms with Crippen molar-refractivity contribution in [1.29, 1.82) is 5.26 Å². The molecule has 0 radical (unpaired) electrons. The van der Waals surface area contributed by atoms with E-state index in [0.717, 1.165) is 25.7 Å². The summed E-state index contributed by atoms with van der Waals surface area (Å²) < 4.78 is 23.9. The van der Waals surface area contributed by atoms with Gasteiger partial charge in [0.2, 0.25) is 5.60 Å². The van der Waals surface area contributed by atoms with Crippen molar-refractivity contribution < 1.29 is 33.6 Å². The minimum absolute atomic E-state index is 0.182. The van der Waals surface area contributed by atoms with Crippen LogP contribution < -0.4 is 5.73 Å². The number of carbonyl (C=O) groups is 2. The Morgan fingerprint density at radius 3 is 2.68 bits per heavy atom. The lowest BCUT2D eigenvalue weighted by atomic mass is 9.87. The first-order valence-corrected chi connectivity index (χ1v) is 12.9. The van der Waals surface area contributed by atoms with Crippen molar-refractivity contribution in [3.8, 4) is 6.07 Å². The molecule has 0 amide bonds. The second kappa shape index (κ2) is 11.2. The highest BCUT2D eigenvalue weighted by Crippen LogP contribution is 2.42. The van der Waals surface area contributed by atoms with Crippen LogP contribution in [0.2, 0.25) is 0 Å². The molecule has 2 fully saturated rings. The fourth-order valence-electron chi connectivity index (χ4n) is 4.98. The predicted molar refractivity (Wildman–Crippen MR) is 133 cm³/mol. The SMILES string of the molecule is CC(C)(C)C(=O)OCO[C@H]1[C@@H](O)[C@](C#N)(c2ccc3c(N)ncnn23)O[C@@H]1COC(=O)CC1CCCCC1. The van der Waals surface area contributed by atoms with Crippen LogP contribution in [0, 0.1) is 22.7 Å². The molecular formula is C26H35N5O7. The number of anilines is 1. The van der Waals surface area contributed by atoms with Gasteiger partial charge in [-0.15, -0.1) is 0 Å². The number of nitrogens with two attached hydrogens (primary N) is 1. The van der Waals surface area contributed by atoms with Crippen LogP contribution in [0.5, 0.6) is 0 Å². The van der Waals surface area contributed by atoms with E-state index < -0.39 is 42.1 Å². The van der Waals surface area contributed by atoms with Gasteiger partial charge in [0.25, 0.3) is 0 Å². The van der Waals surface area contributed by atoms with Crippen molar-refractivity contribution in [1.82, 2.24) is 14.6 Å². The zero-order valence-electron chi connectivity index (χ0n) is 22.0. The topological polar surface area (TPSA) is 171 Å². The highest BCUT2D eigenvalue weighted by molar-refractivity contribution is 5.75. The fourth-order valence-corrected chi connectivity index (χ4v) is 4.98. The van der Waals surface area contributed by atoms with Crippen molar-refractivity contribution in [3.05, 3.63) is 24.2 Å². The van der Waals surface area contributed by atoms with E-state index in [2.05, 4.69) is 16.2 Å². The molecule has 3 N–H and O–H groups in total. The Bertz CT molecular complexity index is 1200. The lowest BCUT2D eigenvalue weighted by Crippen LogP contribution is -2.43. The molecule has 1 aliphatic carbocycles. The lowest BCUT2D eigenvalue weighted by molar-refractivity contribution is -0.178. The maximum atomic E-state index is 12.6. The Morgan fingerprint density at radius 1 is 1.26 bits per heavy atom. The van der Waals surface area contributed by atoms with Crippen LogP contribution in [0.15, 0.2) is 18.5 Å². The summed E-state index contributed by atoms with van der Waals surface area (Å²) in [6.45, 7) is 4.35. The van der Waals surface area contributed by atoms with E-state index in [-0.39, 0.29) is 30.0 Å². The minimum Gasteiger partial charge on any atom is -0.463 e. The van der Waals surface area contributed by atoms with Crippen LogP contribution in [0.25, 0.3) is 5.52 Å². The molecule has 2 aromatic rings. The number of ether oxygens (including phenoxy) is 4. The van der Waals surface area contributed by atoms with Gasteiger partial charge in [-0.05, 0) is 51.7 Å². The predicted octanol–water partition coefficient (Wildman–Crippen LogP) is 2.24. The highest BCUT2D eigenvalue weighted by Gasteiger charge is 2.59. The molecule has 2 aromatic heterocycles. The first-order valence-electron chi connectivity index (χ1n) is 12.9. The van der Waals surface area contributed by atoms with Crippen molar-refractivity contribution in [2.75, 3.05) is 19.1 Å². The molecule has 38 heavy (non-hydrogen) atoms.